The van der Waals surface area contributed by atoms with E-state index in [9.17, 15) is 0 Å². The van der Waals surface area contributed by atoms with Gasteiger partial charge in [-0.3, -0.25) is 0 Å². The lowest BCUT2D eigenvalue weighted by Gasteiger charge is -2.19. The molecule has 1 aromatic carbocycles. The Hall–Kier alpha value is -1.85. The first-order valence-electron chi connectivity index (χ1n) is 7.24. The van der Waals surface area contributed by atoms with Crippen molar-refractivity contribution in [3.05, 3.63) is 48.0 Å². The van der Waals surface area contributed by atoms with Gasteiger partial charge in [-0.1, -0.05) is 12.1 Å². The van der Waals surface area contributed by atoms with Gasteiger partial charge in [0.15, 0.2) is 0 Å². The van der Waals surface area contributed by atoms with Gasteiger partial charge in [-0.15, -0.1) is 0 Å². The predicted molar refractivity (Wildman–Crippen MR) is 80.2 cm³/mol. The highest BCUT2D eigenvalue weighted by molar-refractivity contribution is 5.29. The number of aromatic nitrogens is 2. The summed E-state index contributed by atoms with van der Waals surface area (Å²) in [6.45, 7) is 2.29. The molecule has 0 saturated carbocycles. The molecule has 2 atom stereocenters. The summed E-state index contributed by atoms with van der Waals surface area (Å²) in [5.41, 5.74) is 8.62. The minimum Gasteiger partial charge on any atom is -0.497 e. The van der Waals surface area contributed by atoms with Crippen LogP contribution in [0, 0.1) is 5.92 Å². The van der Waals surface area contributed by atoms with Crippen molar-refractivity contribution in [2.75, 3.05) is 20.3 Å². The van der Waals surface area contributed by atoms with Crippen LogP contribution < -0.4 is 10.5 Å². The molecule has 0 bridgehead atoms. The van der Waals surface area contributed by atoms with Crippen molar-refractivity contribution in [2.45, 2.75) is 19.0 Å². The van der Waals surface area contributed by atoms with Crippen molar-refractivity contribution >= 4 is 0 Å². The molecule has 1 aliphatic rings. The first kappa shape index (κ1) is 14.1. The quantitative estimate of drug-likeness (QED) is 0.913. The third kappa shape index (κ3) is 3.09. The molecule has 1 fully saturated rings. The van der Waals surface area contributed by atoms with Gasteiger partial charge in [-0.05, 0) is 24.1 Å². The Morgan fingerprint density at radius 1 is 1.52 bits per heavy atom. The monoisotopic (exact) mass is 287 g/mol. The topological polar surface area (TPSA) is 62.3 Å². The van der Waals surface area contributed by atoms with Crippen LogP contribution in [0.3, 0.4) is 0 Å². The summed E-state index contributed by atoms with van der Waals surface area (Å²) in [6, 6.07) is 8.03. The van der Waals surface area contributed by atoms with Gasteiger partial charge in [-0.2, -0.15) is 0 Å². The predicted octanol–water partition coefficient (Wildman–Crippen LogP) is 1.98. The van der Waals surface area contributed by atoms with Crippen molar-refractivity contribution in [2.24, 2.45) is 11.7 Å². The summed E-state index contributed by atoms with van der Waals surface area (Å²) in [7, 11) is 1.68. The van der Waals surface area contributed by atoms with Gasteiger partial charge in [0, 0.05) is 25.3 Å². The fraction of sp³-hybridized carbons (Fsp3) is 0.438. The molecule has 5 nitrogen and oxygen atoms in total. The van der Waals surface area contributed by atoms with Gasteiger partial charge in [0.05, 0.1) is 31.8 Å². The zero-order chi connectivity index (χ0) is 14.7. The Balaban J connectivity index is 1.78. The molecular weight excluding hydrogens is 266 g/mol. The lowest BCUT2D eigenvalue weighted by molar-refractivity contribution is 0.180. The molecule has 1 saturated heterocycles. The van der Waals surface area contributed by atoms with Gasteiger partial charge in [0.1, 0.15) is 5.75 Å². The molecule has 0 aliphatic carbocycles. The second kappa shape index (κ2) is 6.28. The molecule has 0 spiro atoms. The number of rotatable bonds is 5. The Kier molecular flexibility index (Phi) is 4.22. The molecule has 5 heteroatoms. The number of hydrogen-bond donors (Lipinski definition) is 1. The van der Waals surface area contributed by atoms with E-state index < -0.39 is 0 Å². The van der Waals surface area contributed by atoms with Gasteiger partial charge in [0.2, 0.25) is 0 Å². The number of nitrogens with zero attached hydrogens (tertiary/aromatic N) is 2. The number of hydrogen-bond acceptors (Lipinski definition) is 4. The Bertz CT molecular complexity index is 591. The summed E-state index contributed by atoms with van der Waals surface area (Å²) < 4.78 is 12.8. The second-order valence-corrected chi connectivity index (χ2v) is 5.45. The van der Waals surface area contributed by atoms with E-state index in [4.69, 9.17) is 15.2 Å². The summed E-state index contributed by atoms with van der Waals surface area (Å²) >= 11 is 0. The average Bonchev–Trinajstić information content (AvgIpc) is 3.18. The average molecular weight is 287 g/mol. The molecule has 3 rings (SSSR count). The summed E-state index contributed by atoms with van der Waals surface area (Å²) in [4.78, 5) is 4.26. The van der Waals surface area contributed by atoms with Gasteiger partial charge in [0.25, 0.3) is 0 Å². The van der Waals surface area contributed by atoms with Crippen LogP contribution in [0.4, 0.5) is 0 Å². The van der Waals surface area contributed by atoms with Crippen LogP contribution in [-0.4, -0.2) is 29.9 Å². The van der Waals surface area contributed by atoms with Crippen molar-refractivity contribution in [3.8, 4) is 5.75 Å². The Labute approximate surface area is 124 Å². The lowest BCUT2D eigenvalue weighted by Crippen LogP contribution is -2.24. The fourth-order valence-electron chi connectivity index (χ4n) is 2.79. The number of methoxy groups -OCH3 is 1. The van der Waals surface area contributed by atoms with E-state index in [2.05, 4.69) is 15.6 Å². The molecule has 2 aromatic rings. The standard InChI is InChI=1S/C16H21N3O2/c1-20-14-4-2-3-12(7-14)9-19-11-18-8-15(19)16(17)13-5-6-21-10-13/h2-4,7-8,11,13,16H,5-6,9-10,17H2,1H3. The zero-order valence-electron chi connectivity index (χ0n) is 12.2. The van der Waals surface area contributed by atoms with E-state index in [0.29, 0.717) is 5.92 Å². The van der Waals surface area contributed by atoms with Gasteiger partial charge >= 0.3 is 0 Å². The van der Waals surface area contributed by atoms with E-state index in [1.54, 1.807) is 7.11 Å². The molecule has 0 amide bonds. The van der Waals surface area contributed by atoms with Crippen LogP contribution in [0.25, 0.3) is 0 Å². The summed E-state index contributed by atoms with van der Waals surface area (Å²) in [6.07, 6.45) is 4.72. The van der Waals surface area contributed by atoms with Gasteiger partial charge < -0.3 is 19.8 Å². The number of nitrogens with two attached hydrogens (primary N) is 1. The molecule has 1 aromatic heterocycles. The van der Waals surface area contributed by atoms with Crippen molar-refractivity contribution < 1.29 is 9.47 Å². The smallest absolute Gasteiger partial charge is 0.119 e. The van der Waals surface area contributed by atoms with Crippen LogP contribution >= 0.6 is 0 Å². The van der Waals surface area contributed by atoms with Crippen LogP contribution in [0.5, 0.6) is 5.75 Å². The molecule has 2 N–H and O–H groups in total. The normalized spacial score (nSPS) is 19.6. The molecule has 0 radical (unpaired) electrons. The lowest BCUT2D eigenvalue weighted by atomic mass is 9.97. The minimum absolute atomic E-state index is 0.0272. The van der Waals surface area contributed by atoms with E-state index in [0.717, 1.165) is 37.6 Å². The first-order valence-corrected chi connectivity index (χ1v) is 7.24. The number of ether oxygens (including phenoxy) is 2. The van der Waals surface area contributed by atoms with Gasteiger partial charge in [-0.25, -0.2) is 4.98 Å². The molecular formula is C16H21N3O2. The molecule has 2 unspecified atom stereocenters. The molecule has 112 valence electrons. The Morgan fingerprint density at radius 3 is 3.19 bits per heavy atom. The third-order valence-electron chi connectivity index (χ3n) is 4.05. The van der Waals surface area contributed by atoms with E-state index in [-0.39, 0.29) is 6.04 Å². The minimum atomic E-state index is -0.0272. The summed E-state index contributed by atoms with van der Waals surface area (Å²) in [5.74, 6) is 1.24. The largest absolute Gasteiger partial charge is 0.497 e. The maximum absolute atomic E-state index is 6.39. The maximum atomic E-state index is 6.39. The van der Waals surface area contributed by atoms with Crippen molar-refractivity contribution in [3.63, 3.8) is 0 Å². The maximum Gasteiger partial charge on any atom is 0.119 e. The zero-order valence-corrected chi connectivity index (χ0v) is 12.2. The number of imidazole rings is 1. The summed E-state index contributed by atoms with van der Waals surface area (Å²) in [5, 5.41) is 0. The van der Waals surface area contributed by atoms with E-state index in [1.807, 2.05) is 30.7 Å². The van der Waals surface area contributed by atoms with Crippen LogP contribution in [-0.2, 0) is 11.3 Å². The highest BCUT2D eigenvalue weighted by Crippen LogP contribution is 2.27. The Morgan fingerprint density at radius 2 is 2.43 bits per heavy atom. The van der Waals surface area contributed by atoms with Crippen LogP contribution in [0.2, 0.25) is 0 Å². The highest BCUT2D eigenvalue weighted by Gasteiger charge is 2.26. The van der Waals surface area contributed by atoms with Crippen molar-refractivity contribution in [1.82, 2.24) is 9.55 Å². The van der Waals surface area contributed by atoms with Crippen LogP contribution in [0.15, 0.2) is 36.8 Å². The van der Waals surface area contributed by atoms with Crippen molar-refractivity contribution in [1.29, 1.82) is 0 Å². The van der Waals surface area contributed by atoms with E-state index >= 15 is 0 Å². The molecule has 1 aliphatic heterocycles. The first-order chi connectivity index (χ1) is 10.3. The SMILES string of the molecule is COc1cccc(Cn2cncc2C(N)C2CCOC2)c1. The fourth-order valence-corrected chi connectivity index (χ4v) is 2.79. The third-order valence-corrected chi connectivity index (χ3v) is 4.05. The number of benzene rings is 1. The highest BCUT2D eigenvalue weighted by atomic mass is 16.5. The second-order valence-electron chi connectivity index (χ2n) is 5.45. The van der Waals surface area contributed by atoms with Crippen LogP contribution in [0.1, 0.15) is 23.7 Å². The van der Waals surface area contributed by atoms with E-state index in [1.165, 1.54) is 5.56 Å². The molecule has 21 heavy (non-hydrogen) atoms. The molecule has 2 heterocycles.